The van der Waals surface area contributed by atoms with Gasteiger partial charge in [-0.1, -0.05) is 30.0 Å². The molecule has 0 amide bonds. The molecule has 2 nitrogen and oxygen atoms in total. The Hall–Kier alpha value is -1.45. The summed E-state index contributed by atoms with van der Waals surface area (Å²) in [7, 11) is 0. The third-order valence-electron chi connectivity index (χ3n) is 3.42. The molecule has 1 saturated heterocycles. The van der Waals surface area contributed by atoms with Gasteiger partial charge in [-0.3, -0.25) is 0 Å². The standard InChI is InChI=1S/C15H12O2S/c1-15(9-16-15)10-6-7-12-14(8-10)18-13-5-3-2-4-11(13)17-12/h2-8H,9H2,1H3. The average Bonchev–Trinajstić information content (AvgIpc) is 3.15. The Morgan fingerprint density at radius 1 is 1.06 bits per heavy atom. The van der Waals surface area contributed by atoms with E-state index in [1.54, 1.807) is 11.8 Å². The minimum absolute atomic E-state index is 0.0768. The predicted octanol–water partition coefficient (Wildman–Crippen LogP) is 4.19. The number of para-hydroxylation sites is 1. The Morgan fingerprint density at radius 3 is 2.67 bits per heavy atom. The van der Waals surface area contributed by atoms with Crippen LogP contribution >= 0.6 is 11.8 Å². The van der Waals surface area contributed by atoms with Crippen molar-refractivity contribution in [2.75, 3.05) is 6.61 Å². The maximum absolute atomic E-state index is 5.90. The largest absolute Gasteiger partial charge is 0.455 e. The lowest BCUT2D eigenvalue weighted by molar-refractivity contribution is 0.329. The summed E-state index contributed by atoms with van der Waals surface area (Å²) in [6.45, 7) is 2.94. The van der Waals surface area contributed by atoms with Crippen LogP contribution in [0.4, 0.5) is 0 Å². The third kappa shape index (κ3) is 1.55. The summed E-state index contributed by atoms with van der Waals surface area (Å²) in [5.74, 6) is 1.88. The fraction of sp³-hybridized carbons (Fsp3) is 0.200. The van der Waals surface area contributed by atoms with Gasteiger partial charge in [0.05, 0.1) is 16.4 Å². The first-order chi connectivity index (χ1) is 8.74. The van der Waals surface area contributed by atoms with Crippen LogP contribution in [0.15, 0.2) is 52.3 Å². The van der Waals surface area contributed by atoms with Crippen molar-refractivity contribution in [2.24, 2.45) is 0 Å². The summed E-state index contributed by atoms with van der Waals surface area (Å²) in [4.78, 5) is 2.34. The molecule has 2 aromatic rings. The summed E-state index contributed by atoms with van der Waals surface area (Å²) >= 11 is 1.76. The van der Waals surface area contributed by atoms with Gasteiger partial charge in [-0.15, -0.1) is 0 Å². The van der Waals surface area contributed by atoms with Gasteiger partial charge in [-0.05, 0) is 36.8 Å². The Kier molecular flexibility index (Phi) is 2.05. The number of benzene rings is 2. The lowest BCUT2D eigenvalue weighted by atomic mass is 10.0. The van der Waals surface area contributed by atoms with Crippen molar-refractivity contribution in [3.63, 3.8) is 0 Å². The van der Waals surface area contributed by atoms with E-state index in [-0.39, 0.29) is 5.60 Å². The van der Waals surface area contributed by atoms with Crippen molar-refractivity contribution in [2.45, 2.75) is 22.3 Å². The second kappa shape index (κ2) is 3.53. The van der Waals surface area contributed by atoms with E-state index in [1.165, 1.54) is 15.4 Å². The van der Waals surface area contributed by atoms with Crippen molar-refractivity contribution in [1.29, 1.82) is 0 Å². The average molecular weight is 256 g/mol. The lowest BCUT2D eigenvalue weighted by Crippen LogP contribution is -2.03. The second-order valence-electron chi connectivity index (χ2n) is 4.83. The number of hydrogen-bond acceptors (Lipinski definition) is 3. The van der Waals surface area contributed by atoms with Crippen molar-refractivity contribution in [3.8, 4) is 11.5 Å². The van der Waals surface area contributed by atoms with E-state index in [9.17, 15) is 0 Å². The van der Waals surface area contributed by atoms with E-state index in [0.29, 0.717) is 0 Å². The highest BCUT2D eigenvalue weighted by Gasteiger charge is 2.41. The summed E-state index contributed by atoms with van der Waals surface area (Å²) in [5.41, 5.74) is 1.16. The molecule has 1 unspecified atom stereocenters. The van der Waals surface area contributed by atoms with Gasteiger partial charge in [-0.25, -0.2) is 0 Å². The molecule has 1 atom stereocenters. The van der Waals surface area contributed by atoms with Gasteiger partial charge >= 0.3 is 0 Å². The first-order valence-electron chi connectivity index (χ1n) is 5.98. The number of hydrogen-bond donors (Lipinski definition) is 0. The van der Waals surface area contributed by atoms with Gasteiger partial charge in [0.1, 0.15) is 17.1 Å². The molecule has 18 heavy (non-hydrogen) atoms. The van der Waals surface area contributed by atoms with E-state index in [4.69, 9.17) is 9.47 Å². The molecule has 0 aromatic heterocycles. The lowest BCUT2D eigenvalue weighted by Gasteiger charge is -2.20. The van der Waals surface area contributed by atoms with E-state index >= 15 is 0 Å². The van der Waals surface area contributed by atoms with Crippen molar-refractivity contribution >= 4 is 11.8 Å². The van der Waals surface area contributed by atoms with Gasteiger partial charge in [0.2, 0.25) is 0 Å². The molecule has 3 heteroatoms. The molecule has 1 fully saturated rings. The van der Waals surface area contributed by atoms with Crippen LogP contribution in [0.25, 0.3) is 0 Å². The Balaban J connectivity index is 1.77. The molecule has 0 bridgehead atoms. The zero-order chi connectivity index (χ0) is 12.2. The summed E-state index contributed by atoms with van der Waals surface area (Å²) in [6, 6.07) is 14.5. The fourth-order valence-corrected chi connectivity index (χ4v) is 3.12. The maximum Gasteiger partial charge on any atom is 0.141 e. The summed E-state index contributed by atoms with van der Waals surface area (Å²) in [6.07, 6.45) is 0. The van der Waals surface area contributed by atoms with Crippen LogP contribution < -0.4 is 4.74 Å². The Morgan fingerprint density at radius 2 is 1.83 bits per heavy atom. The number of epoxide rings is 1. The van der Waals surface area contributed by atoms with Crippen LogP contribution in [0, 0.1) is 0 Å². The van der Waals surface area contributed by atoms with Crippen LogP contribution in [0.5, 0.6) is 11.5 Å². The van der Waals surface area contributed by atoms with Gasteiger partial charge in [0, 0.05) is 0 Å². The quantitative estimate of drug-likeness (QED) is 0.609. The van der Waals surface area contributed by atoms with Crippen molar-refractivity contribution in [1.82, 2.24) is 0 Å². The smallest absolute Gasteiger partial charge is 0.141 e. The molecular formula is C15H12O2S. The maximum atomic E-state index is 5.90. The fourth-order valence-electron chi connectivity index (χ4n) is 2.13. The van der Waals surface area contributed by atoms with Gasteiger partial charge in [0.15, 0.2) is 0 Å². The van der Waals surface area contributed by atoms with Crippen LogP contribution in [0.2, 0.25) is 0 Å². The molecule has 4 rings (SSSR count). The first kappa shape index (κ1) is 10.5. The highest BCUT2D eigenvalue weighted by atomic mass is 32.2. The minimum atomic E-state index is -0.0768. The number of rotatable bonds is 1. The zero-order valence-corrected chi connectivity index (χ0v) is 10.8. The molecule has 0 saturated carbocycles. The second-order valence-corrected chi connectivity index (χ2v) is 5.92. The molecule has 2 aliphatic rings. The molecule has 90 valence electrons. The van der Waals surface area contributed by atoms with Crippen LogP contribution in [0.1, 0.15) is 12.5 Å². The van der Waals surface area contributed by atoms with Gasteiger partial charge in [0.25, 0.3) is 0 Å². The Bertz CT molecular complexity index is 632. The Labute approximate surface area is 110 Å². The molecule has 0 aliphatic carbocycles. The minimum Gasteiger partial charge on any atom is -0.455 e. The molecular weight excluding hydrogens is 244 g/mol. The SMILES string of the molecule is CC1(c2ccc3c(c2)Sc2ccccc2O3)CO1. The highest BCUT2D eigenvalue weighted by Crippen LogP contribution is 2.49. The summed E-state index contributed by atoms with van der Waals surface area (Å²) in [5, 5.41) is 0. The molecule has 2 aromatic carbocycles. The topological polar surface area (TPSA) is 21.8 Å². The normalized spacial score (nSPS) is 23.8. The molecule has 0 radical (unpaired) electrons. The highest BCUT2D eigenvalue weighted by molar-refractivity contribution is 7.99. The monoisotopic (exact) mass is 256 g/mol. The van der Waals surface area contributed by atoms with Gasteiger partial charge in [-0.2, -0.15) is 0 Å². The van der Waals surface area contributed by atoms with Crippen LogP contribution in [0.3, 0.4) is 0 Å². The zero-order valence-electron chi connectivity index (χ0n) is 9.97. The van der Waals surface area contributed by atoms with Crippen LogP contribution in [-0.4, -0.2) is 6.61 Å². The first-order valence-corrected chi connectivity index (χ1v) is 6.79. The van der Waals surface area contributed by atoms with E-state index in [1.807, 2.05) is 24.3 Å². The van der Waals surface area contributed by atoms with E-state index < -0.39 is 0 Å². The predicted molar refractivity (Wildman–Crippen MR) is 70.4 cm³/mol. The van der Waals surface area contributed by atoms with E-state index in [2.05, 4.69) is 25.1 Å². The van der Waals surface area contributed by atoms with Crippen molar-refractivity contribution < 1.29 is 9.47 Å². The number of fused-ring (bicyclic) bond motifs is 2. The van der Waals surface area contributed by atoms with E-state index in [0.717, 1.165) is 18.1 Å². The molecule has 2 aliphatic heterocycles. The van der Waals surface area contributed by atoms with Gasteiger partial charge < -0.3 is 9.47 Å². The van der Waals surface area contributed by atoms with Crippen LogP contribution in [-0.2, 0) is 10.3 Å². The molecule has 2 heterocycles. The summed E-state index contributed by atoms with van der Waals surface area (Å²) < 4.78 is 11.4. The molecule has 0 spiro atoms. The van der Waals surface area contributed by atoms with Crippen molar-refractivity contribution in [3.05, 3.63) is 48.0 Å². The number of ether oxygens (including phenoxy) is 2. The molecule has 0 N–H and O–H groups in total. The third-order valence-corrected chi connectivity index (χ3v) is 4.52.